The Kier molecular flexibility index (Phi) is 21.5. The number of anilines is 2. The van der Waals surface area contributed by atoms with Crippen LogP contribution in [0.1, 0.15) is 118 Å². The van der Waals surface area contributed by atoms with Crippen molar-refractivity contribution in [1.29, 1.82) is 0 Å². The third kappa shape index (κ3) is 17.1. The number of aliphatic imine (C=N–C) groups is 1. The summed E-state index contributed by atoms with van der Waals surface area (Å²) in [5, 5.41) is 23.4. The van der Waals surface area contributed by atoms with E-state index in [2.05, 4.69) is 36.6 Å². The first kappa shape index (κ1) is 58.4. The summed E-state index contributed by atoms with van der Waals surface area (Å²) in [6, 6.07) is 11.5. The van der Waals surface area contributed by atoms with Crippen molar-refractivity contribution in [3.8, 4) is 0 Å². The maximum Gasteiger partial charge on any atom is 0.410 e. The summed E-state index contributed by atoms with van der Waals surface area (Å²) in [6.07, 6.45) is 8.55. The third-order valence-electron chi connectivity index (χ3n) is 13.1. The average molecular weight is 1060 g/mol. The number of hydrogen-bond acceptors (Lipinski definition) is 15. The van der Waals surface area contributed by atoms with Crippen molar-refractivity contribution in [2.75, 3.05) is 43.4 Å². The average Bonchev–Trinajstić information content (AvgIpc) is 3.61. The van der Waals surface area contributed by atoms with Crippen molar-refractivity contribution < 1.29 is 48.2 Å². The molecular formula is C55H72N12O10. The highest BCUT2D eigenvalue weighted by Crippen LogP contribution is 2.30. The zero-order valence-corrected chi connectivity index (χ0v) is 44.3. The minimum Gasteiger partial charge on any atom is -0.445 e. The SMILES string of the molecule is CCCN(CCC)C(=O)C1=Cc2ccc(C(=O)Nc3cnc4c(c3)CN(C(=O)OCc3ccc(NC(=O)[C@H](CCCNC(N)O)NC(=O)[C@@H](NC(=O)CCCCCN5C(=O)C=CC5=O)C(C)C)cc3)CC4)cc2N=C(N)C1. The van der Waals surface area contributed by atoms with Crippen LogP contribution in [0.15, 0.2) is 77.4 Å². The summed E-state index contributed by atoms with van der Waals surface area (Å²) in [6.45, 7) is 9.88. The van der Waals surface area contributed by atoms with Gasteiger partial charge in [0.2, 0.25) is 23.6 Å². The van der Waals surface area contributed by atoms with E-state index in [9.17, 15) is 43.5 Å². The Bertz CT molecular complexity index is 2720. The molecule has 0 saturated carbocycles. The van der Waals surface area contributed by atoms with E-state index in [1.807, 2.05) is 18.7 Å². The van der Waals surface area contributed by atoms with Crippen molar-refractivity contribution >= 4 is 76.4 Å². The Labute approximate surface area is 448 Å². The van der Waals surface area contributed by atoms with Crippen LogP contribution in [0.4, 0.5) is 21.9 Å². The summed E-state index contributed by atoms with van der Waals surface area (Å²) in [4.78, 5) is 118. The zero-order chi connectivity index (χ0) is 55.6. The van der Waals surface area contributed by atoms with E-state index >= 15 is 0 Å². The second-order valence-corrected chi connectivity index (χ2v) is 19.6. The largest absolute Gasteiger partial charge is 0.445 e. The quantitative estimate of drug-likeness (QED) is 0.0319. The number of imide groups is 1. The fourth-order valence-electron chi connectivity index (χ4n) is 8.98. The first-order valence-electron chi connectivity index (χ1n) is 26.3. The minimum atomic E-state index is -1.27. The lowest BCUT2D eigenvalue weighted by Gasteiger charge is -2.28. The van der Waals surface area contributed by atoms with Crippen LogP contribution < -0.4 is 38.1 Å². The predicted molar refractivity (Wildman–Crippen MR) is 289 cm³/mol. The summed E-state index contributed by atoms with van der Waals surface area (Å²) in [5.41, 5.74) is 16.7. The van der Waals surface area contributed by atoms with Gasteiger partial charge in [-0.15, -0.1) is 0 Å². The van der Waals surface area contributed by atoms with E-state index in [0.29, 0.717) is 91.1 Å². The molecule has 22 nitrogen and oxygen atoms in total. The first-order valence-corrected chi connectivity index (χ1v) is 26.3. The van der Waals surface area contributed by atoms with Gasteiger partial charge in [-0.3, -0.25) is 54.5 Å². The Morgan fingerprint density at radius 3 is 2.29 bits per heavy atom. The van der Waals surface area contributed by atoms with Gasteiger partial charge in [0.25, 0.3) is 17.7 Å². The molecule has 2 aromatic carbocycles. The van der Waals surface area contributed by atoms with E-state index in [-0.39, 0.29) is 80.9 Å². The number of fused-ring (bicyclic) bond motifs is 2. The van der Waals surface area contributed by atoms with Crippen LogP contribution in [-0.4, -0.2) is 129 Å². The number of pyridine rings is 1. The molecule has 22 heteroatoms. The van der Waals surface area contributed by atoms with Gasteiger partial charge in [0.05, 0.1) is 24.1 Å². The normalized spacial score (nSPS) is 15.1. The van der Waals surface area contributed by atoms with E-state index < -0.39 is 42.3 Å². The number of aliphatic hydroxyl groups excluding tert-OH is 1. The van der Waals surface area contributed by atoms with Crippen molar-refractivity contribution in [2.45, 2.75) is 123 Å². The van der Waals surface area contributed by atoms with E-state index in [1.165, 1.54) is 12.2 Å². The molecule has 1 aromatic heterocycles. The zero-order valence-electron chi connectivity index (χ0n) is 44.3. The topological polar surface area (TPSA) is 313 Å². The predicted octanol–water partition coefficient (Wildman–Crippen LogP) is 4.11. The van der Waals surface area contributed by atoms with E-state index in [0.717, 1.165) is 29.0 Å². The molecule has 0 radical (unpaired) electrons. The molecule has 8 amide bonds. The van der Waals surface area contributed by atoms with Crippen molar-refractivity contribution in [1.82, 2.24) is 35.6 Å². The summed E-state index contributed by atoms with van der Waals surface area (Å²) >= 11 is 0. The fourth-order valence-corrected chi connectivity index (χ4v) is 8.98. The number of aromatic nitrogens is 1. The van der Waals surface area contributed by atoms with Gasteiger partial charge in [0.15, 0.2) is 6.35 Å². The molecule has 3 aromatic rings. The molecule has 1 unspecified atom stereocenters. The van der Waals surface area contributed by atoms with Gasteiger partial charge in [0, 0.05) is 85.7 Å². The van der Waals surface area contributed by atoms with Crippen LogP contribution in [0.5, 0.6) is 0 Å². The number of nitrogens with zero attached hydrogens (tertiary/aromatic N) is 5. The lowest BCUT2D eigenvalue weighted by Crippen LogP contribution is -2.54. The van der Waals surface area contributed by atoms with Gasteiger partial charge in [-0.25, -0.2) is 9.79 Å². The van der Waals surface area contributed by atoms with Crippen LogP contribution in [0, 0.1) is 5.92 Å². The van der Waals surface area contributed by atoms with Crippen LogP contribution in [0.25, 0.3) is 6.08 Å². The molecular weight excluding hydrogens is 989 g/mol. The number of nitrogens with one attached hydrogen (secondary N) is 5. The molecule has 10 N–H and O–H groups in total. The smallest absolute Gasteiger partial charge is 0.410 e. The number of nitrogens with two attached hydrogens (primary N) is 2. The molecule has 4 heterocycles. The molecule has 3 aliphatic heterocycles. The second-order valence-electron chi connectivity index (χ2n) is 19.6. The highest BCUT2D eigenvalue weighted by atomic mass is 16.6. The van der Waals surface area contributed by atoms with Gasteiger partial charge in [-0.2, -0.15) is 0 Å². The van der Waals surface area contributed by atoms with Crippen LogP contribution in [0.2, 0.25) is 0 Å². The minimum absolute atomic E-state index is 0.0653. The Morgan fingerprint density at radius 1 is 0.870 bits per heavy atom. The van der Waals surface area contributed by atoms with E-state index in [1.54, 1.807) is 79.6 Å². The summed E-state index contributed by atoms with van der Waals surface area (Å²) in [7, 11) is 0. The molecule has 6 rings (SSSR count). The fraction of sp³-hybridized carbons (Fsp3) is 0.455. The lowest BCUT2D eigenvalue weighted by molar-refractivity contribution is -0.137. The maximum atomic E-state index is 13.7. The van der Waals surface area contributed by atoms with Crippen molar-refractivity contribution in [3.05, 3.63) is 100 Å². The number of amides is 8. The van der Waals surface area contributed by atoms with Crippen LogP contribution in [-0.2, 0) is 53.1 Å². The lowest BCUT2D eigenvalue weighted by atomic mass is 10.0. The number of carbonyl (C=O) groups excluding carboxylic acids is 8. The van der Waals surface area contributed by atoms with E-state index in [4.69, 9.17) is 16.2 Å². The van der Waals surface area contributed by atoms with Gasteiger partial charge >= 0.3 is 6.09 Å². The summed E-state index contributed by atoms with van der Waals surface area (Å²) in [5.74, 6) is -2.69. The number of benzene rings is 2. The molecule has 0 fully saturated rings. The molecule has 0 saturated heterocycles. The molecule has 0 aliphatic carbocycles. The van der Waals surface area contributed by atoms with Gasteiger partial charge in [-0.05, 0) is 98.5 Å². The Balaban J connectivity index is 0.989. The highest BCUT2D eigenvalue weighted by Gasteiger charge is 2.30. The highest BCUT2D eigenvalue weighted by molar-refractivity contribution is 6.13. The number of unbranched alkanes of at least 4 members (excludes halogenated alkanes) is 2. The van der Waals surface area contributed by atoms with Gasteiger partial charge < -0.3 is 46.6 Å². The molecule has 3 aliphatic rings. The Hall–Kier alpha value is -7.82. The number of ether oxygens (including phenoxy) is 1. The molecule has 3 atom stereocenters. The second kappa shape index (κ2) is 28.4. The molecule has 77 heavy (non-hydrogen) atoms. The van der Waals surface area contributed by atoms with Gasteiger partial charge in [0.1, 0.15) is 24.5 Å². The summed E-state index contributed by atoms with van der Waals surface area (Å²) < 4.78 is 5.68. The van der Waals surface area contributed by atoms with Crippen molar-refractivity contribution in [3.63, 3.8) is 0 Å². The van der Waals surface area contributed by atoms with Crippen molar-refractivity contribution in [2.24, 2.45) is 22.4 Å². The molecule has 0 spiro atoms. The molecule has 412 valence electrons. The number of hydrogen-bond donors (Lipinski definition) is 8. The number of aliphatic hydroxyl groups is 1. The first-order chi connectivity index (χ1) is 36.9. The number of rotatable bonds is 26. The maximum absolute atomic E-state index is 13.7. The number of amidine groups is 1. The van der Waals surface area contributed by atoms with Gasteiger partial charge in [-0.1, -0.05) is 52.3 Å². The Morgan fingerprint density at radius 2 is 1.60 bits per heavy atom. The third-order valence-corrected chi connectivity index (χ3v) is 13.1. The monoisotopic (exact) mass is 1060 g/mol. The van der Waals surface area contributed by atoms with Crippen LogP contribution in [0.3, 0.4) is 0 Å². The molecule has 0 bridgehead atoms. The standard InChI is InChI=1S/C55H72N12O10/c1-5-23-65(24-6-2)53(74)38-27-36-15-16-37(29-44(36)62-45(56)30-38)50(71)61-41-28-39-32-66(26-21-42(39)59-31-41)55(76)77-33-35-13-17-40(18-14-35)60-51(72)43(11-10-22-58-54(57)75)63-52(73)49(34(3)4)64-46(68)12-8-7-9-25-67-47(69)19-20-48(67)70/h13-20,27-29,31,34,43,49,54,58,75H,5-12,21-26,30,32-33,57H2,1-4H3,(H2,56,62)(H,60,72)(H,61,71)(H,63,73)(H,64,68)/t43-,49-,54?/m0/s1. The van der Waals surface area contributed by atoms with Crippen LogP contribution >= 0.6 is 0 Å². The number of carbonyl (C=O) groups is 8.